The van der Waals surface area contributed by atoms with Crippen molar-refractivity contribution in [1.82, 2.24) is 10.0 Å². The number of rotatable bonds is 4. The molecule has 1 aromatic rings. The molecule has 0 aromatic heterocycles. The van der Waals surface area contributed by atoms with Crippen LogP contribution in [0, 0.1) is 16.0 Å². The fourth-order valence-electron chi connectivity index (χ4n) is 3.00. The standard InChI is InChI=1S/C12H15N3O4S/c16-15(17)9-1-3-10(4-2-9)20(18,19)14-12-6-8-5-11(12)13-7-8/h1-4,8,11-14H,5-7H2. The Labute approximate surface area is 116 Å². The SMILES string of the molecule is O=[N+]([O-])c1ccc(S(=O)(=O)NC2CC3CNC2C3)cc1. The van der Waals surface area contributed by atoms with Crippen LogP contribution in [0.2, 0.25) is 0 Å². The predicted octanol–water partition coefficient (Wildman–Crippen LogP) is 0.623. The summed E-state index contributed by atoms with van der Waals surface area (Å²) in [6.45, 7) is 0.959. The Kier molecular flexibility index (Phi) is 3.23. The van der Waals surface area contributed by atoms with Gasteiger partial charge < -0.3 is 5.32 Å². The van der Waals surface area contributed by atoms with Gasteiger partial charge in [-0.3, -0.25) is 10.1 Å². The summed E-state index contributed by atoms with van der Waals surface area (Å²) in [5.41, 5.74) is -0.120. The Morgan fingerprint density at radius 2 is 1.95 bits per heavy atom. The molecule has 2 fully saturated rings. The third-order valence-corrected chi connectivity index (χ3v) is 5.50. The van der Waals surface area contributed by atoms with Gasteiger partial charge >= 0.3 is 0 Å². The summed E-state index contributed by atoms with van der Waals surface area (Å²) in [6.07, 6.45) is 1.86. The molecule has 2 bridgehead atoms. The van der Waals surface area contributed by atoms with Crippen molar-refractivity contribution in [3.8, 4) is 0 Å². The number of nitrogens with zero attached hydrogens (tertiary/aromatic N) is 1. The van der Waals surface area contributed by atoms with E-state index in [4.69, 9.17) is 0 Å². The van der Waals surface area contributed by atoms with Crippen molar-refractivity contribution in [3.05, 3.63) is 34.4 Å². The van der Waals surface area contributed by atoms with Crippen molar-refractivity contribution in [2.45, 2.75) is 29.8 Å². The molecule has 0 radical (unpaired) electrons. The number of hydrogen-bond donors (Lipinski definition) is 2. The highest BCUT2D eigenvalue weighted by molar-refractivity contribution is 7.89. The summed E-state index contributed by atoms with van der Waals surface area (Å²) >= 11 is 0. The number of nitro groups is 1. The van der Waals surface area contributed by atoms with Gasteiger partial charge in [-0.2, -0.15) is 0 Å². The number of non-ortho nitro benzene ring substituents is 1. The summed E-state index contributed by atoms with van der Waals surface area (Å²) in [5.74, 6) is 0.546. The lowest BCUT2D eigenvalue weighted by Gasteiger charge is -2.23. The first-order valence-corrected chi connectivity index (χ1v) is 7.94. The van der Waals surface area contributed by atoms with Gasteiger partial charge in [-0.15, -0.1) is 0 Å². The Hall–Kier alpha value is -1.51. The van der Waals surface area contributed by atoms with E-state index in [0.29, 0.717) is 5.92 Å². The highest BCUT2D eigenvalue weighted by Crippen LogP contribution is 2.32. The molecule has 2 aliphatic rings. The van der Waals surface area contributed by atoms with E-state index in [0.717, 1.165) is 19.4 Å². The van der Waals surface area contributed by atoms with Crippen molar-refractivity contribution >= 4 is 15.7 Å². The summed E-state index contributed by atoms with van der Waals surface area (Å²) < 4.78 is 27.2. The largest absolute Gasteiger partial charge is 0.312 e. The third-order valence-electron chi connectivity index (χ3n) is 3.99. The lowest BCUT2D eigenvalue weighted by atomic mass is 10.1. The van der Waals surface area contributed by atoms with Gasteiger partial charge in [0.25, 0.3) is 5.69 Å². The molecule has 0 spiro atoms. The van der Waals surface area contributed by atoms with Gasteiger partial charge in [0, 0.05) is 24.2 Å². The second-order valence-electron chi connectivity index (χ2n) is 5.33. The zero-order valence-electron chi connectivity index (χ0n) is 10.7. The molecule has 1 heterocycles. The maximum Gasteiger partial charge on any atom is 0.269 e. The number of benzene rings is 1. The van der Waals surface area contributed by atoms with E-state index in [-0.39, 0.29) is 22.7 Å². The lowest BCUT2D eigenvalue weighted by molar-refractivity contribution is -0.384. The van der Waals surface area contributed by atoms with Crippen LogP contribution in [-0.4, -0.2) is 32.0 Å². The maximum absolute atomic E-state index is 12.2. The topological polar surface area (TPSA) is 101 Å². The highest BCUT2D eigenvalue weighted by Gasteiger charge is 2.41. The molecule has 3 atom stereocenters. The van der Waals surface area contributed by atoms with E-state index in [1.165, 1.54) is 24.3 Å². The van der Waals surface area contributed by atoms with Crippen LogP contribution in [0.1, 0.15) is 12.8 Å². The van der Waals surface area contributed by atoms with E-state index in [1.54, 1.807) is 0 Å². The first kappa shape index (κ1) is 13.5. The average molecular weight is 297 g/mol. The van der Waals surface area contributed by atoms with Gasteiger partial charge in [0.2, 0.25) is 10.0 Å². The number of hydrogen-bond acceptors (Lipinski definition) is 5. The molecule has 2 N–H and O–H groups in total. The summed E-state index contributed by atoms with van der Waals surface area (Å²) in [7, 11) is -3.62. The van der Waals surface area contributed by atoms with E-state index < -0.39 is 14.9 Å². The van der Waals surface area contributed by atoms with E-state index >= 15 is 0 Å². The van der Waals surface area contributed by atoms with Crippen LogP contribution in [0.3, 0.4) is 0 Å². The van der Waals surface area contributed by atoms with Crippen LogP contribution in [0.25, 0.3) is 0 Å². The number of nitrogens with one attached hydrogen (secondary N) is 2. The minimum Gasteiger partial charge on any atom is -0.312 e. The number of sulfonamides is 1. The van der Waals surface area contributed by atoms with Crippen LogP contribution in [0.5, 0.6) is 0 Å². The molecular weight excluding hydrogens is 282 g/mol. The Morgan fingerprint density at radius 1 is 1.25 bits per heavy atom. The van der Waals surface area contributed by atoms with Crippen LogP contribution in [-0.2, 0) is 10.0 Å². The van der Waals surface area contributed by atoms with E-state index in [9.17, 15) is 18.5 Å². The molecule has 20 heavy (non-hydrogen) atoms. The minimum atomic E-state index is -3.62. The zero-order chi connectivity index (χ0) is 14.3. The van der Waals surface area contributed by atoms with Crippen molar-refractivity contribution in [1.29, 1.82) is 0 Å². The van der Waals surface area contributed by atoms with Gasteiger partial charge in [0.15, 0.2) is 0 Å². The third kappa shape index (κ3) is 2.41. The van der Waals surface area contributed by atoms with Gasteiger partial charge in [0.1, 0.15) is 0 Å². The molecule has 1 saturated carbocycles. The zero-order valence-corrected chi connectivity index (χ0v) is 11.5. The van der Waals surface area contributed by atoms with Crippen molar-refractivity contribution in [2.75, 3.05) is 6.54 Å². The average Bonchev–Trinajstić information content (AvgIpc) is 3.00. The summed E-state index contributed by atoms with van der Waals surface area (Å²) in [5, 5.41) is 13.8. The van der Waals surface area contributed by atoms with Gasteiger partial charge in [0.05, 0.1) is 9.82 Å². The van der Waals surface area contributed by atoms with Crippen LogP contribution < -0.4 is 10.0 Å². The minimum absolute atomic E-state index is 0.0610. The monoisotopic (exact) mass is 297 g/mol. The number of piperidine rings is 1. The van der Waals surface area contributed by atoms with Gasteiger partial charge in [-0.1, -0.05) is 0 Å². The molecule has 3 rings (SSSR count). The highest BCUT2D eigenvalue weighted by atomic mass is 32.2. The first-order chi connectivity index (χ1) is 9.45. The van der Waals surface area contributed by atoms with Crippen molar-refractivity contribution in [3.63, 3.8) is 0 Å². The van der Waals surface area contributed by atoms with Crippen LogP contribution in [0.4, 0.5) is 5.69 Å². The molecule has 1 aliphatic heterocycles. The second kappa shape index (κ2) is 4.80. The Balaban J connectivity index is 1.76. The number of nitro benzene ring substituents is 1. The van der Waals surface area contributed by atoms with Crippen LogP contribution >= 0.6 is 0 Å². The summed E-state index contributed by atoms with van der Waals surface area (Å²) in [4.78, 5) is 10.1. The fraction of sp³-hybridized carbons (Fsp3) is 0.500. The normalized spacial score (nSPS) is 28.7. The molecule has 0 amide bonds. The molecule has 8 heteroatoms. The van der Waals surface area contributed by atoms with E-state index in [2.05, 4.69) is 10.0 Å². The molecule has 1 aromatic carbocycles. The maximum atomic E-state index is 12.2. The molecular formula is C12H15N3O4S. The van der Waals surface area contributed by atoms with Crippen molar-refractivity contribution in [2.24, 2.45) is 5.92 Å². The first-order valence-electron chi connectivity index (χ1n) is 6.46. The molecule has 3 unspecified atom stereocenters. The lowest BCUT2D eigenvalue weighted by Crippen LogP contribution is -2.47. The van der Waals surface area contributed by atoms with Gasteiger partial charge in [-0.05, 0) is 37.4 Å². The Bertz CT molecular complexity index is 629. The smallest absolute Gasteiger partial charge is 0.269 e. The Morgan fingerprint density at radius 3 is 2.45 bits per heavy atom. The second-order valence-corrected chi connectivity index (χ2v) is 7.04. The van der Waals surface area contributed by atoms with E-state index in [1.807, 2.05) is 0 Å². The number of fused-ring (bicyclic) bond motifs is 2. The quantitative estimate of drug-likeness (QED) is 0.627. The fourth-order valence-corrected chi connectivity index (χ4v) is 4.29. The molecule has 1 aliphatic carbocycles. The van der Waals surface area contributed by atoms with Gasteiger partial charge in [-0.25, -0.2) is 13.1 Å². The molecule has 1 saturated heterocycles. The van der Waals surface area contributed by atoms with Crippen LogP contribution in [0.15, 0.2) is 29.2 Å². The predicted molar refractivity (Wildman–Crippen MR) is 71.7 cm³/mol. The van der Waals surface area contributed by atoms with Crippen molar-refractivity contribution < 1.29 is 13.3 Å². The molecule has 7 nitrogen and oxygen atoms in total. The molecule has 108 valence electrons. The summed E-state index contributed by atoms with van der Waals surface area (Å²) in [6, 6.07) is 5.05.